The molecule has 0 saturated carbocycles. The van der Waals surface area contributed by atoms with Gasteiger partial charge in [-0.2, -0.15) is 0 Å². The SMILES string of the molecule is CC.CCCC.Nc1cc(Nc2ccc3c(n2)C=CCC3)c2nccn2n1. The van der Waals surface area contributed by atoms with Crippen molar-refractivity contribution in [2.45, 2.75) is 53.4 Å². The van der Waals surface area contributed by atoms with Gasteiger partial charge in [0, 0.05) is 18.5 Å². The molecule has 3 N–H and O–H groups in total. The van der Waals surface area contributed by atoms with Crippen molar-refractivity contribution in [2.75, 3.05) is 11.1 Å². The molecule has 1 aliphatic carbocycles. The third-order valence-electron chi connectivity index (χ3n) is 4.01. The number of hydrogen-bond donors (Lipinski definition) is 2. The number of nitrogen functional groups attached to an aromatic ring is 1. The quantitative estimate of drug-likeness (QED) is 0.662. The van der Waals surface area contributed by atoms with Crippen LogP contribution in [0.25, 0.3) is 11.7 Å². The molecule has 3 aromatic heterocycles. The second kappa shape index (κ2) is 10.3. The number of nitrogens with one attached hydrogen (secondary N) is 1. The van der Waals surface area contributed by atoms with E-state index in [1.165, 1.54) is 18.4 Å². The van der Waals surface area contributed by atoms with Gasteiger partial charge in [-0.3, -0.25) is 0 Å². The molecule has 0 unspecified atom stereocenters. The fourth-order valence-electron chi connectivity index (χ4n) is 2.53. The van der Waals surface area contributed by atoms with Crippen LogP contribution in [0.4, 0.5) is 17.3 Å². The van der Waals surface area contributed by atoms with E-state index < -0.39 is 0 Å². The first-order valence-electron chi connectivity index (χ1n) is 9.74. The van der Waals surface area contributed by atoms with Gasteiger partial charge in [-0.15, -0.1) is 5.10 Å². The Kier molecular flexibility index (Phi) is 7.79. The predicted molar refractivity (Wildman–Crippen MR) is 114 cm³/mol. The van der Waals surface area contributed by atoms with Gasteiger partial charge in [-0.05, 0) is 30.5 Å². The second-order valence-electron chi connectivity index (χ2n) is 5.99. The van der Waals surface area contributed by atoms with Crippen molar-refractivity contribution in [3.8, 4) is 0 Å². The number of rotatable bonds is 3. The average molecular weight is 367 g/mol. The van der Waals surface area contributed by atoms with Crippen LogP contribution in [-0.2, 0) is 6.42 Å². The van der Waals surface area contributed by atoms with Crippen LogP contribution >= 0.6 is 0 Å². The third-order valence-corrected chi connectivity index (χ3v) is 4.01. The number of nitrogens with two attached hydrogens (primary N) is 1. The van der Waals surface area contributed by atoms with E-state index in [9.17, 15) is 0 Å². The molecule has 0 radical (unpaired) electrons. The first kappa shape index (κ1) is 20.4. The molecule has 0 bridgehead atoms. The van der Waals surface area contributed by atoms with E-state index in [4.69, 9.17) is 5.73 Å². The number of pyridine rings is 1. The van der Waals surface area contributed by atoms with E-state index in [2.05, 4.69) is 52.4 Å². The molecule has 27 heavy (non-hydrogen) atoms. The number of anilines is 3. The van der Waals surface area contributed by atoms with Crippen LogP contribution in [0.15, 0.2) is 36.7 Å². The first-order valence-corrected chi connectivity index (χ1v) is 9.74. The lowest BCUT2D eigenvalue weighted by atomic mass is 10.0. The molecule has 144 valence electrons. The average Bonchev–Trinajstić information content (AvgIpc) is 3.18. The maximum absolute atomic E-state index is 5.82. The predicted octanol–water partition coefficient (Wildman–Crippen LogP) is 5.24. The molecular formula is C21H30N6. The summed E-state index contributed by atoms with van der Waals surface area (Å²) in [7, 11) is 0. The summed E-state index contributed by atoms with van der Waals surface area (Å²) in [5.41, 5.74) is 9.63. The Bertz CT molecular complexity index is 880. The summed E-state index contributed by atoms with van der Waals surface area (Å²) in [6.07, 6.45) is 12.4. The number of aryl methyl sites for hydroxylation is 1. The van der Waals surface area contributed by atoms with Gasteiger partial charge in [0.25, 0.3) is 0 Å². The van der Waals surface area contributed by atoms with Crippen LogP contribution in [0.3, 0.4) is 0 Å². The Morgan fingerprint density at radius 3 is 2.70 bits per heavy atom. The summed E-state index contributed by atoms with van der Waals surface area (Å²) < 4.78 is 1.65. The number of fused-ring (bicyclic) bond motifs is 2. The van der Waals surface area contributed by atoms with Gasteiger partial charge >= 0.3 is 0 Å². The van der Waals surface area contributed by atoms with Crippen LogP contribution in [-0.4, -0.2) is 19.6 Å². The zero-order chi connectivity index (χ0) is 19.6. The van der Waals surface area contributed by atoms with Crippen LogP contribution in [0.2, 0.25) is 0 Å². The zero-order valence-corrected chi connectivity index (χ0v) is 16.7. The number of unbranched alkanes of at least 4 members (excludes halogenated alkanes) is 1. The van der Waals surface area contributed by atoms with Crippen molar-refractivity contribution < 1.29 is 0 Å². The van der Waals surface area contributed by atoms with Crippen LogP contribution in [0, 0.1) is 0 Å². The summed E-state index contributed by atoms with van der Waals surface area (Å²) >= 11 is 0. The Balaban J connectivity index is 0.000000389. The van der Waals surface area contributed by atoms with Gasteiger partial charge in [0.1, 0.15) is 11.6 Å². The molecule has 6 heteroatoms. The first-order chi connectivity index (χ1) is 13.2. The van der Waals surface area contributed by atoms with Gasteiger partial charge in [-0.1, -0.05) is 52.7 Å². The van der Waals surface area contributed by atoms with Crippen molar-refractivity contribution in [1.82, 2.24) is 19.6 Å². The maximum atomic E-state index is 5.82. The lowest BCUT2D eigenvalue weighted by Crippen LogP contribution is -2.04. The number of imidazole rings is 1. The van der Waals surface area contributed by atoms with Crippen LogP contribution < -0.4 is 11.1 Å². The van der Waals surface area contributed by atoms with Gasteiger partial charge < -0.3 is 11.1 Å². The lowest BCUT2D eigenvalue weighted by Gasteiger charge is -2.12. The second-order valence-corrected chi connectivity index (χ2v) is 5.99. The normalized spacial score (nSPS) is 11.7. The van der Waals surface area contributed by atoms with Gasteiger partial charge in [-0.25, -0.2) is 14.5 Å². The summed E-state index contributed by atoms with van der Waals surface area (Å²) in [6, 6.07) is 5.86. The molecule has 0 spiro atoms. The molecule has 1 aliphatic rings. The van der Waals surface area contributed by atoms with Gasteiger partial charge in [0.05, 0.1) is 11.4 Å². The monoisotopic (exact) mass is 366 g/mol. The third kappa shape index (κ3) is 5.29. The number of allylic oxidation sites excluding steroid dienone is 1. The summed E-state index contributed by atoms with van der Waals surface area (Å²) in [5.74, 6) is 1.21. The molecule has 3 aromatic rings. The fourth-order valence-corrected chi connectivity index (χ4v) is 2.53. The summed E-state index contributed by atoms with van der Waals surface area (Å²) in [4.78, 5) is 8.92. The summed E-state index contributed by atoms with van der Waals surface area (Å²) in [5, 5.41) is 7.44. The molecule has 0 atom stereocenters. The minimum atomic E-state index is 0.431. The Labute approximate surface area is 161 Å². The number of nitrogens with zero attached hydrogens (tertiary/aromatic N) is 4. The fraction of sp³-hybridized carbons (Fsp3) is 0.381. The maximum Gasteiger partial charge on any atom is 0.177 e. The van der Waals surface area contributed by atoms with E-state index in [1.54, 1.807) is 23.0 Å². The molecule has 0 amide bonds. The molecule has 4 rings (SSSR count). The number of hydrogen-bond acceptors (Lipinski definition) is 5. The summed E-state index contributed by atoms with van der Waals surface area (Å²) in [6.45, 7) is 8.36. The molecule has 0 aromatic carbocycles. The van der Waals surface area contributed by atoms with Crippen molar-refractivity contribution in [3.05, 3.63) is 47.9 Å². The van der Waals surface area contributed by atoms with E-state index in [0.717, 1.165) is 35.7 Å². The highest BCUT2D eigenvalue weighted by Crippen LogP contribution is 2.24. The minimum Gasteiger partial charge on any atom is -0.382 e. The standard InChI is InChI=1S/C15H14N6.C4H10.C2H6/c16-13-9-12(15-17-7-8-21(15)20-13)19-14-6-5-10-3-1-2-4-11(10)18-14;1-3-4-2;1-2/h2,4-9H,1,3H2,(H2,16,20)(H,18,19);3-4H2,1-2H3;1-2H3. The molecule has 0 saturated heterocycles. The van der Waals surface area contributed by atoms with Crippen LogP contribution in [0.5, 0.6) is 0 Å². The Hall–Kier alpha value is -2.89. The largest absolute Gasteiger partial charge is 0.382 e. The van der Waals surface area contributed by atoms with E-state index in [1.807, 2.05) is 19.9 Å². The molecule has 0 fully saturated rings. The van der Waals surface area contributed by atoms with Gasteiger partial charge in [0.15, 0.2) is 5.65 Å². The van der Waals surface area contributed by atoms with Gasteiger partial charge in [0.2, 0.25) is 0 Å². The highest BCUT2D eigenvalue weighted by atomic mass is 15.3. The minimum absolute atomic E-state index is 0.431. The molecule has 3 heterocycles. The van der Waals surface area contributed by atoms with Crippen molar-refractivity contribution >= 4 is 29.0 Å². The smallest absolute Gasteiger partial charge is 0.177 e. The highest BCUT2D eigenvalue weighted by Gasteiger charge is 2.09. The number of aromatic nitrogens is 4. The van der Waals surface area contributed by atoms with Crippen molar-refractivity contribution in [2.24, 2.45) is 0 Å². The molecule has 0 aliphatic heterocycles. The highest BCUT2D eigenvalue weighted by molar-refractivity contribution is 5.74. The topological polar surface area (TPSA) is 81.1 Å². The van der Waals surface area contributed by atoms with E-state index in [-0.39, 0.29) is 0 Å². The Morgan fingerprint density at radius 2 is 1.96 bits per heavy atom. The molecule has 6 nitrogen and oxygen atoms in total. The zero-order valence-electron chi connectivity index (χ0n) is 16.7. The van der Waals surface area contributed by atoms with Crippen molar-refractivity contribution in [3.63, 3.8) is 0 Å². The van der Waals surface area contributed by atoms with Crippen LogP contribution in [0.1, 0.15) is 58.2 Å². The van der Waals surface area contributed by atoms with Crippen molar-refractivity contribution in [1.29, 1.82) is 0 Å². The molecular weight excluding hydrogens is 336 g/mol. The lowest BCUT2D eigenvalue weighted by molar-refractivity contribution is 0.886. The Morgan fingerprint density at radius 1 is 1.19 bits per heavy atom. The van der Waals surface area contributed by atoms with E-state index >= 15 is 0 Å². The van der Waals surface area contributed by atoms with E-state index in [0.29, 0.717) is 5.82 Å².